The number of aromatic nitrogens is 1. The Labute approximate surface area is 82.7 Å². The molecule has 1 aromatic heterocycles. The van der Waals surface area contributed by atoms with E-state index in [9.17, 15) is 4.79 Å². The number of aryl methyl sites for hydroxylation is 1. The molecule has 0 spiro atoms. The summed E-state index contributed by atoms with van der Waals surface area (Å²) in [6.45, 7) is 5.35. The molecule has 1 amide bonds. The molecular weight excluding hydrogens is 182 g/mol. The number of carbonyl (C=O) groups is 1. The predicted octanol–water partition coefficient (Wildman–Crippen LogP) is 0.337. The Balaban J connectivity index is 2.46. The van der Waals surface area contributed by atoms with Crippen LogP contribution in [-0.2, 0) is 11.3 Å². The minimum Gasteiger partial charge on any atom is -0.444 e. The molecule has 78 valence electrons. The third kappa shape index (κ3) is 2.85. The van der Waals surface area contributed by atoms with Crippen LogP contribution in [0.15, 0.2) is 10.6 Å². The fourth-order valence-corrected chi connectivity index (χ4v) is 0.867. The van der Waals surface area contributed by atoms with Crippen LogP contribution in [0.3, 0.4) is 0 Å². The zero-order valence-corrected chi connectivity index (χ0v) is 8.63. The van der Waals surface area contributed by atoms with Gasteiger partial charge in [-0.15, -0.1) is 0 Å². The number of rotatable bonds is 3. The van der Waals surface area contributed by atoms with Gasteiger partial charge in [-0.3, -0.25) is 4.79 Å². The first kappa shape index (κ1) is 10.7. The van der Waals surface area contributed by atoms with E-state index in [0.717, 1.165) is 5.76 Å². The van der Waals surface area contributed by atoms with Gasteiger partial charge in [0.2, 0.25) is 11.8 Å². The van der Waals surface area contributed by atoms with Crippen LogP contribution in [0.4, 0.5) is 0 Å². The first-order valence-corrected chi connectivity index (χ1v) is 4.38. The maximum atomic E-state index is 11.3. The van der Waals surface area contributed by atoms with E-state index in [4.69, 9.17) is 10.2 Å². The van der Waals surface area contributed by atoms with Crippen molar-refractivity contribution < 1.29 is 9.21 Å². The molecule has 0 saturated carbocycles. The normalized spacial score (nSPS) is 11.4. The van der Waals surface area contributed by atoms with Crippen LogP contribution in [-0.4, -0.2) is 16.4 Å². The summed E-state index contributed by atoms with van der Waals surface area (Å²) in [4.78, 5) is 15.3. The lowest BCUT2D eigenvalue weighted by Gasteiger charge is -2.16. The van der Waals surface area contributed by atoms with Gasteiger partial charge in [0.1, 0.15) is 5.76 Å². The topological polar surface area (TPSA) is 81.2 Å². The van der Waals surface area contributed by atoms with Gasteiger partial charge >= 0.3 is 0 Å². The minimum atomic E-state index is -0.873. The predicted molar refractivity (Wildman–Crippen MR) is 51.4 cm³/mol. The highest BCUT2D eigenvalue weighted by Gasteiger charge is 2.21. The largest absolute Gasteiger partial charge is 0.444 e. The van der Waals surface area contributed by atoms with Crippen molar-refractivity contribution in [3.8, 4) is 0 Å². The maximum Gasteiger partial charge on any atom is 0.239 e. The number of oxazole rings is 1. The Kier molecular flexibility index (Phi) is 2.90. The molecule has 5 nitrogen and oxygen atoms in total. The Morgan fingerprint density at radius 2 is 2.36 bits per heavy atom. The van der Waals surface area contributed by atoms with Crippen LogP contribution in [0, 0.1) is 6.92 Å². The van der Waals surface area contributed by atoms with Crippen LogP contribution in [0.5, 0.6) is 0 Å². The molecule has 0 atom stereocenters. The van der Waals surface area contributed by atoms with E-state index < -0.39 is 5.54 Å². The van der Waals surface area contributed by atoms with Crippen LogP contribution >= 0.6 is 0 Å². The number of nitrogens with two attached hydrogens (primary N) is 1. The first-order valence-electron chi connectivity index (χ1n) is 4.38. The van der Waals surface area contributed by atoms with Crippen molar-refractivity contribution >= 4 is 5.91 Å². The standard InChI is InChI=1S/C9H15N3O2/c1-6-4-11-7(14-6)5-12-8(13)9(2,3)10/h4H,5,10H2,1-3H3,(H,12,13). The fourth-order valence-electron chi connectivity index (χ4n) is 0.867. The van der Waals surface area contributed by atoms with Gasteiger partial charge in [-0.2, -0.15) is 0 Å². The van der Waals surface area contributed by atoms with Gasteiger partial charge in [-0.1, -0.05) is 0 Å². The van der Waals surface area contributed by atoms with Crippen molar-refractivity contribution in [3.05, 3.63) is 17.8 Å². The number of carbonyl (C=O) groups excluding carboxylic acids is 1. The van der Waals surface area contributed by atoms with Gasteiger partial charge in [0.25, 0.3) is 0 Å². The first-order chi connectivity index (χ1) is 6.39. The number of hydrogen-bond donors (Lipinski definition) is 2. The van der Waals surface area contributed by atoms with Crippen molar-refractivity contribution in [2.24, 2.45) is 5.73 Å². The molecule has 0 bridgehead atoms. The molecule has 1 heterocycles. The van der Waals surface area contributed by atoms with Crippen LogP contribution in [0.2, 0.25) is 0 Å². The molecule has 0 saturated heterocycles. The van der Waals surface area contributed by atoms with Crippen molar-refractivity contribution in [1.82, 2.24) is 10.3 Å². The third-order valence-electron chi connectivity index (χ3n) is 1.65. The third-order valence-corrected chi connectivity index (χ3v) is 1.65. The summed E-state index contributed by atoms with van der Waals surface area (Å²) in [7, 11) is 0. The van der Waals surface area contributed by atoms with E-state index in [1.54, 1.807) is 27.0 Å². The average Bonchev–Trinajstić information content (AvgIpc) is 2.45. The quantitative estimate of drug-likeness (QED) is 0.732. The molecule has 0 aliphatic carbocycles. The van der Waals surface area contributed by atoms with Gasteiger partial charge in [0.05, 0.1) is 18.3 Å². The smallest absolute Gasteiger partial charge is 0.239 e. The van der Waals surface area contributed by atoms with E-state index in [0.29, 0.717) is 5.89 Å². The van der Waals surface area contributed by atoms with Gasteiger partial charge in [-0.25, -0.2) is 4.98 Å². The van der Waals surface area contributed by atoms with Crippen LogP contribution < -0.4 is 11.1 Å². The van der Waals surface area contributed by atoms with E-state index in [1.165, 1.54) is 0 Å². The molecule has 14 heavy (non-hydrogen) atoms. The zero-order valence-electron chi connectivity index (χ0n) is 8.63. The molecule has 5 heteroatoms. The minimum absolute atomic E-state index is 0.228. The Bertz CT molecular complexity index is 325. The van der Waals surface area contributed by atoms with Crippen molar-refractivity contribution in [2.75, 3.05) is 0 Å². The number of nitrogens with one attached hydrogen (secondary N) is 1. The highest BCUT2D eigenvalue weighted by molar-refractivity contribution is 5.84. The number of amides is 1. The Morgan fingerprint density at radius 1 is 1.71 bits per heavy atom. The fraction of sp³-hybridized carbons (Fsp3) is 0.556. The summed E-state index contributed by atoms with van der Waals surface area (Å²) < 4.78 is 5.18. The lowest BCUT2D eigenvalue weighted by molar-refractivity contribution is -0.125. The highest BCUT2D eigenvalue weighted by Crippen LogP contribution is 2.02. The molecule has 1 rings (SSSR count). The molecule has 0 aliphatic heterocycles. The second-order valence-electron chi connectivity index (χ2n) is 3.77. The zero-order chi connectivity index (χ0) is 10.8. The highest BCUT2D eigenvalue weighted by atomic mass is 16.4. The maximum absolute atomic E-state index is 11.3. The van der Waals surface area contributed by atoms with E-state index >= 15 is 0 Å². The van der Waals surface area contributed by atoms with Crippen LogP contribution in [0.1, 0.15) is 25.5 Å². The number of hydrogen-bond acceptors (Lipinski definition) is 4. The second kappa shape index (κ2) is 3.79. The summed E-state index contributed by atoms with van der Waals surface area (Å²) in [5, 5.41) is 2.63. The Hall–Kier alpha value is -1.36. The SMILES string of the molecule is Cc1cnc(CNC(=O)C(C)(C)N)o1. The Morgan fingerprint density at radius 3 is 2.79 bits per heavy atom. The van der Waals surface area contributed by atoms with Gasteiger partial charge in [0, 0.05) is 0 Å². The lowest BCUT2D eigenvalue weighted by atomic mass is 10.1. The number of nitrogens with zero attached hydrogens (tertiary/aromatic N) is 1. The summed E-state index contributed by atoms with van der Waals surface area (Å²) >= 11 is 0. The molecule has 3 N–H and O–H groups in total. The monoisotopic (exact) mass is 197 g/mol. The second-order valence-corrected chi connectivity index (χ2v) is 3.77. The molecular formula is C9H15N3O2. The summed E-state index contributed by atoms with van der Waals surface area (Å²) in [6.07, 6.45) is 1.61. The van der Waals surface area contributed by atoms with Crippen molar-refractivity contribution in [1.29, 1.82) is 0 Å². The summed E-state index contributed by atoms with van der Waals surface area (Å²) in [5.74, 6) is 0.981. The molecule has 0 fully saturated rings. The van der Waals surface area contributed by atoms with Gasteiger partial charge < -0.3 is 15.5 Å². The van der Waals surface area contributed by atoms with E-state index in [2.05, 4.69) is 10.3 Å². The van der Waals surface area contributed by atoms with Gasteiger partial charge in [-0.05, 0) is 20.8 Å². The average molecular weight is 197 g/mol. The van der Waals surface area contributed by atoms with Gasteiger partial charge in [0.15, 0.2) is 0 Å². The van der Waals surface area contributed by atoms with Crippen molar-refractivity contribution in [2.45, 2.75) is 32.9 Å². The molecule has 0 aliphatic rings. The molecule has 0 unspecified atom stereocenters. The summed E-state index contributed by atoms with van der Waals surface area (Å²) in [6, 6.07) is 0. The molecule has 0 aromatic carbocycles. The van der Waals surface area contributed by atoms with Crippen molar-refractivity contribution in [3.63, 3.8) is 0 Å². The molecule has 0 radical (unpaired) electrons. The lowest BCUT2D eigenvalue weighted by Crippen LogP contribution is -2.48. The summed E-state index contributed by atoms with van der Waals surface area (Å²) in [5.41, 5.74) is 4.71. The van der Waals surface area contributed by atoms with E-state index in [1.807, 2.05) is 0 Å². The molecule has 1 aromatic rings. The van der Waals surface area contributed by atoms with Crippen LogP contribution in [0.25, 0.3) is 0 Å². The van der Waals surface area contributed by atoms with E-state index in [-0.39, 0.29) is 12.5 Å².